The molecule has 0 spiro atoms. The van der Waals surface area contributed by atoms with Gasteiger partial charge in [0, 0.05) is 27.2 Å². The summed E-state index contributed by atoms with van der Waals surface area (Å²) in [6.07, 6.45) is 0. The van der Waals surface area contributed by atoms with Gasteiger partial charge >= 0.3 is 0 Å². The molecule has 4 aromatic heterocycles. The van der Waals surface area contributed by atoms with E-state index in [1.54, 1.807) is 0 Å². The van der Waals surface area contributed by atoms with Crippen LogP contribution < -0.4 is 0 Å². The Balaban J connectivity index is 1.41. The normalized spacial score (nSPS) is 12.4. The quantitative estimate of drug-likeness (QED) is 0.126. The monoisotopic (exact) mass is 771 g/mol. The molecule has 0 fully saturated rings. The summed E-state index contributed by atoms with van der Waals surface area (Å²) < 4.78 is 14.8. The lowest BCUT2D eigenvalue weighted by molar-refractivity contribution is 0.657. The molecule has 13 rings (SSSR count). The predicted octanol–water partition coefficient (Wildman–Crippen LogP) is 15.3. The van der Waals surface area contributed by atoms with E-state index in [1.165, 1.54) is 65.2 Å². The van der Waals surface area contributed by atoms with E-state index in [0.717, 1.165) is 44.7 Å². The number of hydrogen-bond acceptors (Lipinski definition) is 1. The third-order valence-corrected chi connectivity index (χ3v) is 14.8. The maximum absolute atomic E-state index is 7.19. The molecule has 9 aromatic carbocycles. The molecule has 0 saturated carbocycles. The van der Waals surface area contributed by atoms with Crippen LogP contribution in [0, 0.1) is 0 Å². The van der Waals surface area contributed by atoms with Gasteiger partial charge in [-0.2, -0.15) is 0 Å². The molecule has 0 N–H and O–H groups in total. The molecule has 0 aliphatic heterocycles. The van der Waals surface area contributed by atoms with Gasteiger partial charge in [-0.25, -0.2) is 0 Å². The Hall–Kier alpha value is -7.52. The number of aromatic nitrogens is 3. The molecule has 0 aliphatic carbocycles. The highest BCUT2D eigenvalue weighted by Gasteiger charge is 2.29. The number of hydrogen-bond donors (Lipinski definition) is 0. The van der Waals surface area contributed by atoms with E-state index in [2.05, 4.69) is 220 Å². The van der Waals surface area contributed by atoms with E-state index in [1.807, 2.05) is 0 Å². The van der Waals surface area contributed by atoms with Crippen LogP contribution >= 0.6 is 7.34 Å². The van der Waals surface area contributed by atoms with Gasteiger partial charge in [0.1, 0.15) is 5.52 Å². The molecule has 276 valence electrons. The van der Waals surface area contributed by atoms with Crippen molar-refractivity contribution >= 4 is 72.5 Å². The number of rotatable bonds is 5. The molecular weight excluding hydrogens is 738 g/mol. The second-order valence-electron chi connectivity index (χ2n) is 15.4. The third kappa shape index (κ3) is 4.66. The maximum Gasteiger partial charge on any atom is 0.160 e. The van der Waals surface area contributed by atoms with Crippen LogP contribution in [0.15, 0.2) is 211 Å². The van der Waals surface area contributed by atoms with Crippen molar-refractivity contribution in [1.82, 2.24) is 13.5 Å². The molecular formula is C54H34N3OP. The van der Waals surface area contributed by atoms with Gasteiger partial charge in [-0.05, 0) is 94.5 Å². The summed E-state index contributed by atoms with van der Waals surface area (Å²) in [5.74, 6) is 0. The Kier molecular flexibility index (Phi) is 6.89. The molecule has 0 bridgehead atoms. The number of benzene rings is 9. The zero-order valence-electron chi connectivity index (χ0n) is 31.8. The lowest BCUT2D eigenvalue weighted by Gasteiger charge is -2.29. The summed E-state index contributed by atoms with van der Waals surface area (Å²) >= 11 is 0. The first-order chi connectivity index (χ1) is 29.3. The van der Waals surface area contributed by atoms with Crippen LogP contribution in [0.25, 0.3) is 110 Å². The van der Waals surface area contributed by atoms with E-state index in [9.17, 15) is 0 Å². The number of para-hydroxylation sites is 4. The molecule has 0 saturated heterocycles. The molecule has 5 heteroatoms. The molecule has 13 aromatic rings. The molecule has 4 nitrogen and oxygen atoms in total. The van der Waals surface area contributed by atoms with Crippen molar-refractivity contribution in [3.63, 3.8) is 0 Å². The first-order valence-electron chi connectivity index (χ1n) is 20.1. The second kappa shape index (κ2) is 12.5. The second-order valence-corrected chi connectivity index (χ2v) is 17.4. The number of nitrogens with zero attached hydrogens (tertiary/aromatic N) is 3. The fourth-order valence-electron chi connectivity index (χ4n) is 9.62. The Morgan fingerprint density at radius 1 is 0.339 bits per heavy atom. The van der Waals surface area contributed by atoms with Crippen LogP contribution in [0.4, 0.5) is 0 Å². The smallest absolute Gasteiger partial charge is 0.160 e. The minimum Gasteiger partial charge on any atom is -0.452 e. The van der Waals surface area contributed by atoms with Crippen LogP contribution in [0.1, 0.15) is 0 Å². The average molecular weight is 772 g/mol. The minimum absolute atomic E-state index is 0.849. The first kappa shape index (κ1) is 32.6. The highest BCUT2D eigenvalue weighted by Crippen LogP contribution is 2.58. The molecule has 4 heterocycles. The van der Waals surface area contributed by atoms with Crippen molar-refractivity contribution in [2.24, 2.45) is 0 Å². The maximum atomic E-state index is 7.19. The van der Waals surface area contributed by atoms with Crippen molar-refractivity contribution in [1.29, 1.82) is 0 Å². The summed E-state index contributed by atoms with van der Waals surface area (Å²) in [6.45, 7) is 0. The first-order valence-corrected chi connectivity index (χ1v) is 21.5. The van der Waals surface area contributed by atoms with E-state index in [-0.39, 0.29) is 0 Å². The topological polar surface area (TPSA) is 27.4 Å². The zero-order valence-corrected chi connectivity index (χ0v) is 32.7. The van der Waals surface area contributed by atoms with E-state index in [0.29, 0.717) is 0 Å². The van der Waals surface area contributed by atoms with Crippen molar-refractivity contribution in [3.05, 3.63) is 206 Å². The summed E-state index contributed by atoms with van der Waals surface area (Å²) in [7, 11) is -1.09. The molecule has 1 unspecified atom stereocenters. The number of fused-ring (bicyclic) bond motifs is 3. The lowest BCUT2D eigenvalue weighted by Crippen LogP contribution is -2.08. The fraction of sp³-hybridized carbons (Fsp3) is 0. The summed E-state index contributed by atoms with van der Waals surface area (Å²) in [6, 6.07) is 75.0. The molecule has 1 atom stereocenters. The Labute approximate surface area is 340 Å². The SMILES string of the molecule is c1ccc(-c2cc3c4c(c2)n(-c2ccccc2)c2cc(-c5ccccc5)c5oc6ccccc6n6c7cc(-c8ccccc8)cc(c7p4c2c56)n3-c2ccccc2)cc1. The van der Waals surface area contributed by atoms with E-state index >= 15 is 0 Å². The van der Waals surface area contributed by atoms with Gasteiger partial charge in [0.15, 0.2) is 11.2 Å². The van der Waals surface area contributed by atoms with E-state index < -0.39 is 7.34 Å². The average Bonchev–Trinajstić information content (AvgIpc) is 3.31. The van der Waals surface area contributed by atoms with Gasteiger partial charge in [0.05, 0.1) is 38.2 Å². The fourth-order valence-corrected chi connectivity index (χ4v) is 12.7. The highest BCUT2D eigenvalue weighted by molar-refractivity contribution is 7.63. The van der Waals surface area contributed by atoms with Gasteiger partial charge in [-0.3, -0.25) is 0 Å². The molecule has 0 aliphatic rings. The van der Waals surface area contributed by atoms with Crippen LogP contribution in [0.2, 0.25) is 0 Å². The van der Waals surface area contributed by atoms with Gasteiger partial charge in [-0.15, -0.1) is 0 Å². The Bertz CT molecular complexity index is 3720. The molecule has 59 heavy (non-hydrogen) atoms. The summed E-state index contributed by atoms with van der Waals surface area (Å²) in [4.78, 5) is 0. The van der Waals surface area contributed by atoms with Crippen LogP contribution in [0.5, 0.6) is 0 Å². The van der Waals surface area contributed by atoms with Gasteiger partial charge in [0.25, 0.3) is 0 Å². The highest BCUT2D eigenvalue weighted by atomic mass is 31.1. The third-order valence-electron chi connectivity index (χ3n) is 12.1. The van der Waals surface area contributed by atoms with Crippen molar-refractivity contribution in [3.8, 4) is 44.8 Å². The molecule has 0 radical (unpaired) electrons. The standard InChI is InChI=1S/C54H34N3OP/c1-6-18-35(19-7-1)38-30-44-52-45(31-38)56(41-26-14-5-15-27-41)48-34-42(37-22-10-3-11-23-37)51-50-54(48)59(52)53-46(55(44)40-24-12-4-13-25-40)32-39(36-20-8-2-9-21-36)33-47(53)57(50)43-28-16-17-29-49(43)58-51/h1-34H. The van der Waals surface area contributed by atoms with Crippen LogP contribution in [-0.4, -0.2) is 13.5 Å². The van der Waals surface area contributed by atoms with Gasteiger partial charge in [-0.1, -0.05) is 147 Å². The van der Waals surface area contributed by atoms with Crippen molar-refractivity contribution < 1.29 is 4.42 Å². The molecule has 0 amide bonds. The van der Waals surface area contributed by atoms with E-state index in [4.69, 9.17) is 4.42 Å². The van der Waals surface area contributed by atoms with Crippen molar-refractivity contribution in [2.45, 2.75) is 0 Å². The van der Waals surface area contributed by atoms with Gasteiger partial charge < -0.3 is 18.0 Å². The Morgan fingerprint density at radius 3 is 1.31 bits per heavy atom. The zero-order chi connectivity index (χ0) is 38.6. The van der Waals surface area contributed by atoms with Crippen LogP contribution in [0.3, 0.4) is 0 Å². The van der Waals surface area contributed by atoms with Gasteiger partial charge in [0.2, 0.25) is 0 Å². The lowest BCUT2D eigenvalue weighted by atomic mass is 10.0. The van der Waals surface area contributed by atoms with Crippen molar-refractivity contribution in [2.75, 3.05) is 0 Å². The largest absolute Gasteiger partial charge is 0.452 e. The Morgan fingerprint density at radius 2 is 0.763 bits per heavy atom. The minimum atomic E-state index is -1.09. The predicted molar refractivity (Wildman–Crippen MR) is 248 cm³/mol. The summed E-state index contributed by atoms with van der Waals surface area (Å²) in [5.41, 5.74) is 19.1. The van der Waals surface area contributed by atoms with Crippen LogP contribution in [-0.2, 0) is 0 Å². The summed E-state index contributed by atoms with van der Waals surface area (Å²) in [5, 5.41) is 4.04.